The van der Waals surface area contributed by atoms with Gasteiger partial charge in [0.05, 0.1) is 0 Å². The van der Waals surface area contributed by atoms with Crippen LogP contribution in [0.5, 0.6) is 0 Å². The minimum Gasteiger partial charge on any atom is -0.354 e. The van der Waals surface area contributed by atoms with E-state index in [2.05, 4.69) is 56.0 Å². The monoisotopic (exact) mass is 338 g/mol. The molecule has 2 aromatic heterocycles. The summed E-state index contributed by atoms with van der Waals surface area (Å²) >= 11 is 0. The van der Waals surface area contributed by atoms with Gasteiger partial charge in [-0.25, -0.2) is 4.98 Å². The molecule has 1 aliphatic heterocycles. The largest absolute Gasteiger partial charge is 0.354 e. The maximum absolute atomic E-state index is 13.3. The van der Waals surface area contributed by atoms with Gasteiger partial charge in [-0.3, -0.25) is 4.90 Å². The molecule has 0 radical (unpaired) electrons. The van der Waals surface area contributed by atoms with E-state index in [-0.39, 0.29) is 0 Å². The van der Waals surface area contributed by atoms with E-state index in [4.69, 9.17) is 0 Å². The van der Waals surface area contributed by atoms with E-state index < -0.39 is 5.95 Å². The Morgan fingerprint density at radius 2 is 1.56 bits per heavy atom. The second kappa shape index (κ2) is 7.23. The third kappa shape index (κ3) is 3.82. The molecule has 0 spiro atoms. The third-order valence-corrected chi connectivity index (χ3v) is 4.89. The fourth-order valence-electron chi connectivity index (χ4n) is 3.52. The molecule has 0 aliphatic carbocycles. The molecule has 4 nitrogen and oxygen atoms in total. The van der Waals surface area contributed by atoms with Crippen LogP contribution < -0.4 is 4.90 Å². The van der Waals surface area contributed by atoms with E-state index in [0.29, 0.717) is 0 Å². The molecule has 1 aliphatic rings. The zero-order chi connectivity index (χ0) is 17.1. The molecule has 1 saturated heterocycles. The normalized spacial score (nSPS) is 15.8. The molecule has 25 heavy (non-hydrogen) atoms. The summed E-state index contributed by atoms with van der Waals surface area (Å²) in [5, 5.41) is 2.61. The smallest absolute Gasteiger partial charge is 0.214 e. The summed E-state index contributed by atoms with van der Waals surface area (Å²) in [6.45, 7) is 5.96. The quantitative estimate of drug-likeness (QED) is 0.667. The van der Waals surface area contributed by atoms with Crippen LogP contribution in [-0.2, 0) is 6.54 Å². The van der Waals surface area contributed by atoms with Crippen molar-refractivity contribution in [1.82, 2.24) is 14.5 Å². The number of anilines is 1. The zero-order valence-electron chi connectivity index (χ0n) is 14.3. The molecule has 1 fully saturated rings. The van der Waals surface area contributed by atoms with Gasteiger partial charge in [-0.1, -0.05) is 30.3 Å². The SMILES string of the molecule is Fc1cccc(N2CCN(CCCn3cc4ccccc4c3)CC2)n1. The number of nitrogens with zero attached hydrogens (tertiary/aromatic N) is 4. The molecule has 0 saturated carbocycles. The summed E-state index contributed by atoms with van der Waals surface area (Å²) in [5.74, 6) is 0.345. The molecule has 0 bridgehead atoms. The van der Waals surface area contributed by atoms with Gasteiger partial charge in [-0.15, -0.1) is 0 Å². The van der Waals surface area contributed by atoms with Gasteiger partial charge in [-0.2, -0.15) is 4.39 Å². The number of pyridine rings is 1. The van der Waals surface area contributed by atoms with E-state index in [1.54, 1.807) is 6.07 Å². The first-order valence-corrected chi connectivity index (χ1v) is 8.92. The van der Waals surface area contributed by atoms with Crippen molar-refractivity contribution < 1.29 is 4.39 Å². The third-order valence-electron chi connectivity index (χ3n) is 4.89. The molecule has 0 atom stereocenters. The van der Waals surface area contributed by atoms with E-state index in [1.165, 1.54) is 16.8 Å². The van der Waals surface area contributed by atoms with Crippen molar-refractivity contribution in [2.45, 2.75) is 13.0 Å². The lowest BCUT2D eigenvalue weighted by Gasteiger charge is -2.35. The van der Waals surface area contributed by atoms with Crippen LogP contribution in [-0.4, -0.2) is 47.2 Å². The minimum absolute atomic E-state index is 0.404. The van der Waals surface area contributed by atoms with Crippen LogP contribution in [0.3, 0.4) is 0 Å². The van der Waals surface area contributed by atoms with Crippen LogP contribution in [0.15, 0.2) is 54.9 Å². The molecular formula is C20H23FN4. The first kappa shape index (κ1) is 16.1. The van der Waals surface area contributed by atoms with Crippen molar-refractivity contribution in [1.29, 1.82) is 0 Å². The lowest BCUT2D eigenvalue weighted by molar-refractivity contribution is 0.250. The molecule has 4 rings (SSSR count). The first-order valence-electron chi connectivity index (χ1n) is 8.92. The fraction of sp³-hybridized carbons (Fsp3) is 0.350. The lowest BCUT2D eigenvalue weighted by atomic mass is 10.2. The topological polar surface area (TPSA) is 24.3 Å². The minimum atomic E-state index is -0.404. The maximum atomic E-state index is 13.3. The van der Waals surface area contributed by atoms with Gasteiger partial charge in [0.2, 0.25) is 5.95 Å². The molecule has 1 aromatic carbocycles. The van der Waals surface area contributed by atoms with Crippen LogP contribution in [0.2, 0.25) is 0 Å². The molecule has 0 unspecified atom stereocenters. The standard InChI is InChI=1S/C20H23FN4/c21-19-7-3-8-20(22-19)25-13-11-23(12-14-25)9-4-10-24-15-17-5-1-2-6-18(17)16-24/h1-3,5-8,15-16H,4,9-14H2. The van der Waals surface area contributed by atoms with Gasteiger partial charge in [-0.05, 0) is 35.9 Å². The van der Waals surface area contributed by atoms with Crippen LogP contribution in [0.4, 0.5) is 10.2 Å². The summed E-state index contributed by atoms with van der Waals surface area (Å²) in [6.07, 6.45) is 5.59. The summed E-state index contributed by atoms with van der Waals surface area (Å²) < 4.78 is 15.5. The Kier molecular flexibility index (Phi) is 4.65. The Balaban J connectivity index is 1.25. The van der Waals surface area contributed by atoms with Crippen molar-refractivity contribution in [2.24, 2.45) is 0 Å². The number of hydrogen-bond donors (Lipinski definition) is 0. The van der Waals surface area contributed by atoms with Crippen LogP contribution in [0.25, 0.3) is 10.8 Å². The highest BCUT2D eigenvalue weighted by molar-refractivity contribution is 5.82. The highest BCUT2D eigenvalue weighted by Gasteiger charge is 2.17. The summed E-state index contributed by atoms with van der Waals surface area (Å²) in [5.41, 5.74) is 0. The summed E-state index contributed by atoms with van der Waals surface area (Å²) in [6, 6.07) is 13.5. The van der Waals surface area contributed by atoms with Crippen molar-refractivity contribution in [3.8, 4) is 0 Å². The molecule has 5 heteroatoms. The van der Waals surface area contributed by atoms with Gasteiger partial charge < -0.3 is 9.47 Å². The Hall–Kier alpha value is -2.40. The van der Waals surface area contributed by atoms with E-state index in [0.717, 1.165) is 51.5 Å². The zero-order valence-corrected chi connectivity index (χ0v) is 14.3. The number of halogens is 1. The Labute approximate surface area is 147 Å². The number of rotatable bonds is 5. The van der Waals surface area contributed by atoms with Crippen molar-refractivity contribution >= 4 is 16.6 Å². The molecular weight excluding hydrogens is 315 g/mol. The van der Waals surface area contributed by atoms with Gasteiger partial charge in [0.15, 0.2) is 0 Å². The van der Waals surface area contributed by atoms with Gasteiger partial charge in [0.25, 0.3) is 0 Å². The number of benzene rings is 1. The number of piperazine rings is 1. The van der Waals surface area contributed by atoms with E-state index >= 15 is 0 Å². The van der Waals surface area contributed by atoms with Crippen molar-refractivity contribution in [3.63, 3.8) is 0 Å². The molecule has 0 amide bonds. The molecule has 130 valence electrons. The average Bonchev–Trinajstić information content (AvgIpc) is 3.05. The highest BCUT2D eigenvalue weighted by Crippen LogP contribution is 2.16. The summed E-state index contributed by atoms with van der Waals surface area (Å²) in [4.78, 5) is 8.63. The Morgan fingerprint density at radius 3 is 2.24 bits per heavy atom. The van der Waals surface area contributed by atoms with Crippen LogP contribution in [0, 0.1) is 5.95 Å². The Morgan fingerprint density at radius 1 is 0.840 bits per heavy atom. The van der Waals surface area contributed by atoms with Gasteiger partial charge in [0.1, 0.15) is 5.82 Å². The van der Waals surface area contributed by atoms with E-state index in [9.17, 15) is 4.39 Å². The number of fused-ring (bicyclic) bond motifs is 1. The van der Waals surface area contributed by atoms with Crippen molar-refractivity contribution in [2.75, 3.05) is 37.6 Å². The molecule has 0 N–H and O–H groups in total. The fourth-order valence-corrected chi connectivity index (χ4v) is 3.52. The predicted molar refractivity (Wildman–Crippen MR) is 99.4 cm³/mol. The van der Waals surface area contributed by atoms with Crippen LogP contribution >= 0.6 is 0 Å². The lowest BCUT2D eigenvalue weighted by Crippen LogP contribution is -2.47. The number of hydrogen-bond acceptors (Lipinski definition) is 3. The first-order chi connectivity index (χ1) is 12.3. The average molecular weight is 338 g/mol. The maximum Gasteiger partial charge on any atom is 0.214 e. The van der Waals surface area contributed by atoms with E-state index in [1.807, 2.05) is 6.07 Å². The number of aryl methyl sites for hydroxylation is 1. The highest BCUT2D eigenvalue weighted by atomic mass is 19.1. The van der Waals surface area contributed by atoms with Gasteiger partial charge in [0, 0.05) is 45.1 Å². The predicted octanol–water partition coefficient (Wildman–Crippen LogP) is 3.39. The molecule has 3 heterocycles. The second-order valence-corrected chi connectivity index (χ2v) is 6.63. The second-order valence-electron chi connectivity index (χ2n) is 6.63. The van der Waals surface area contributed by atoms with Gasteiger partial charge >= 0.3 is 0 Å². The van der Waals surface area contributed by atoms with Crippen molar-refractivity contribution in [3.05, 3.63) is 60.8 Å². The number of aromatic nitrogens is 2. The summed E-state index contributed by atoms with van der Waals surface area (Å²) in [7, 11) is 0. The molecule has 3 aromatic rings. The van der Waals surface area contributed by atoms with Crippen LogP contribution in [0.1, 0.15) is 6.42 Å². The Bertz CT molecular complexity index is 803.